The lowest BCUT2D eigenvalue weighted by Gasteiger charge is -2.09. The van der Waals surface area contributed by atoms with Crippen molar-refractivity contribution in [3.8, 4) is 5.75 Å². The van der Waals surface area contributed by atoms with Gasteiger partial charge in [0.05, 0.1) is 19.4 Å². The summed E-state index contributed by atoms with van der Waals surface area (Å²) in [4.78, 5) is 11.8. The molecule has 5 heteroatoms. The van der Waals surface area contributed by atoms with E-state index in [9.17, 15) is 4.79 Å². The Balaban J connectivity index is 1.80. The second kappa shape index (κ2) is 8.72. The summed E-state index contributed by atoms with van der Waals surface area (Å²) >= 11 is 0. The first-order valence-electron chi connectivity index (χ1n) is 7.94. The molecule has 0 spiro atoms. The molecule has 5 nitrogen and oxygen atoms in total. The van der Waals surface area contributed by atoms with Crippen LogP contribution in [0, 0.1) is 13.8 Å². The van der Waals surface area contributed by atoms with Crippen molar-refractivity contribution in [3.05, 3.63) is 59.2 Å². The van der Waals surface area contributed by atoms with Gasteiger partial charge < -0.3 is 10.1 Å². The molecule has 0 unspecified atom stereocenters. The van der Waals surface area contributed by atoms with Crippen LogP contribution in [0.4, 0.5) is 5.69 Å². The van der Waals surface area contributed by atoms with Crippen LogP contribution >= 0.6 is 0 Å². The van der Waals surface area contributed by atoms with Gasteiger partial charge in [0, 0.05) is 5.69 Å². The van der Waals surface area contributed by atoms with Crippen LogP contribution in [0.15, 0.2) is 47.6 Å². The standard InChI is InChI=1S/C19H23N3O2/c1-4-24-17-8-6-16(7-9-17)12-21-22-19(23)13-20-18-10-5-14(2)11-15(18)3/h5-12,20H,4,13H2,1-3H3,(H,22,23). The van der Waals surface area contributed by atoms with Crippen LogP contribution in [0.25, 0.3) is 0 Å². The Morgan fingerprint density at radius 1 is 1.17 bits per heavy atom. The van der Waals surface area contributed by atoms with Crippen molar-refractivity contribution in [1.29, 1.82) is 0 Å². The van der Waals surface area contributed by atoms with Crippen molar-refractivity contribution in [2.75, 3.05) is 18.5 Å². The zero-order chi connectivity index (χ0) is 17.4. The number of aryl methyl sites for hydroxylation is 2. The fourth-order valence-corrected chi connectivity index (χ4v) is 2.22. The molecule has 0 atom stereocenters. The smallest absolute Gasteiger partial charge is 0.259 e. The molecule has 2 aromatic rings. The summed E-state index contributed by atoms with van der Waals surface area (Å²) < 4.78 is 5.37. The van der Waals surface area contributed by atoms with E-state index in [0.717, 1.165) is 22.6 Å². The average molecular weight is 325 g/mol. The molecule has 0 aliphatic rings. The van der Waals surface area contributed by atoms with Gasteiger partial charge >= 0.3 is 0 Å². The quantitative estimate of drug-likeness (QED) is 0.607. The second-order valence-electron chi connectivity index (χ2n) is 5.47. The molecule has 126 valence electrons. The van der Waals surface area contributed by atoms with Crippen LogP contribution < -0.4 is 15.5 Å². The Labute approximate surface area is 142 Å². The molecule has 0 aliphatic heterocycles. The number of hydrazone groups is 1. The zero-order valence-corrected chi connectivity index (χ0v) is 14.3. The van der Waals surface area contributed by atoms with Gasteiger partial charge in [0.25, 0.3) is 5.91 Å². The minimum atomic E-state index is -0.197. The molecule has 0 aliphatic carbocycles. The predicted octanol–water partition coefficient (Wildman–Crippen LogP) is 3.26. The van der Waals surface area contributed by atoms with E-state index in [1.54, 1.807) is 6.21 Å². The Morgan fingerprint density at radius 3 is 2.58 bits per heavy atom. The third-order valence-corrected chi connectivity index (χ3v) is 3.42. The lowest BCUT2D eigenvalue weighted by atomic mass is 10.1. The zero-order valence-electron chi connectivity index (χ0n) is 14.3. The van der Waals surface area contributed by atoms with Gasteiger partial charge in [-0.2, -0.15) is 5.10 Å². The number of nitrogens with zero attached hydrogens (tertiary/aromatic N) is 1. The van der Waals surface area contributed by atoms with E-state index in [2.05, 4.69) is 21.9 Å². The third kappa shape index (κ3) is 5.43. The molecule has 0 saturated carbocycles. The number of rotatable bonds is 7. The molecule has 2 rings (SSSR count). The molecule has 0 fully saturated rings. The van der Waals surface area contributed by atoms with Gasteiger partial charge in [-0.3, -0.25) is 4.79 Å². The van der Waals surface area contributed by atoms with Gasteiger partial charge in [-0.25, -0.2) is 5.43 Å². The Morgan fingerprint density at radius 2 is 1.92 bits per heavy atom. The summed E-state index contributed by atoms with van der Waals surface area (Å²) in [5.74, 6) is 0.619. The minimum Gasteiger partial charge on any atom is -0.494 e. The number of carbonyl (C=O) groups excluding carboxylic acids is 1. The van der Waals surface area contributed by atoms with Gasteiger partial charge in [-0.1, -0.05) is 17.7 Å². The van der Waals surface area contributed by atoms with E-state index in [-0.39, 0.29) is 12.5 Å². The topological polar surface area (TPSA) is 62.7 Å². The number of anilines is 1. The van der Waals surface area contributed by atoms with Crippen LogP contribution in [-0.2, 0) is 4.79 Å². The maximum absolute atomic E-state index is 11.8. The summed E-state index contributed by atoms with van der Waals surface area (Å²) in [6.07, 6.45) is 1.60. The molecule has 0 aromatic heterocycles. The fourth-order valence-electron chi connectivity index (χ4n) is 2.22. The number of ether oxygens (including phenoxy) is 1. The van der Waals surface area contributed by atoms with Crippen molar-refractivity contribution in [1.82, 2.24) is 5.43 Å². The highest BCUT2D eigenvalue weighted by molar-refractivity contribution is 5.84. The lowest BCUT2D eigenvalue weighted by Crippen LogP contribution is -2.26. The monoisotopic (exact) mass is 325 g/mol. The molecule has 2 aromatic carbocycles. The summed E-state index contributed by atoms with van der Waals surface area (Å²) in [7, 11) is 0. The molecule has 24 heavy (non-hydrogen) atoms. The van der Waals surface area contributed by atoms with Gasteiger partial charge in [0.2, 0.25) is 0 Å². The first kappa shape index (κ1) is 17.5. The van der Waals surface area contributed by atoms with Crippen molar-refractivity contribution in [2.24, 2.45) is 5.10 Å². The first-order chi connectivity index (χ1) is 11.6. The van der Waals surface area contributed by atoms with Crippen LogP contribution in [0.1, 0.15) is 23.6 Å². The first-order valence-corrected chi connectivity index (χ1v) is 7.94. The van der Waals surface area contributed by atoms with Crippen molar-refractivity contribution in [2.45, 2.75) is 20.8 Å². The van der Waals surface area contributed by atoms with Gasteiger partial charge in [0.1, 0.15) is 5.75 Å². The van der Waals surface area contributed by atoms with E-state index in [1.165, 1.54) is 5.56 Å². The molecule has 0 saturated heterocycles. The van der Waals surface area contributed by atoms with E-state index >= 15 is 0 Å². The summed E-state index contributed by atoms with van der Waals surface area (Å²) in [5.41, 5.74) is 6.66. The maximum Gasteiger partial charge on any atom is 0.259 e. The maximum atomic E-state index is 11.8. The highest BCUT2D eigenvalue weighted by atomic mass is 16.5. The fraction of sp³-hybridized carbons (Fsp3) is 0.263. The average Bonchev–Trinajstić information content (AvgIpc) is 2.56. The molecule has 0 radical (unpaired) electrons. The summed E-state index contributed by atoms with van der Waals surface area (Å²) in [5, 5.41) is 7.07. The highest BCUT2D eigenvalue weighted by Gasteiger charge is 2.02. The molecular formula is C19H23N3O2. The van der Waals surface area contributed by atoms with Crippen molar-refractivity contribution < 1.29 is 9.53 Å². The second-order valence-corrected chi connectivity index (χ2v) is 5.47. The summed E-state index contributed by atoms with van der Waals surface area (Å²) in [6.45, 7) is 6.80. The molecule has 0 bridgehead atoms. The van der Waals surface area contributed by atoms with E-state index in [4.69, 9.17) is 4.74 Å². The van der Waals surface area contributed by atoms with Crippen LogP contribution in [0.2, 0.25) is 0 Å². The van der Waals surface area contributed by atoms with Crippen LogP contribution in [0.3, 0.4) is 0 Å². The van der Waals surface area contributed by atoms with E-state index < -0.39 is 0 Å². The van der Waals surface area contributed by atoms with Crippen molar-refractivity contribution in [3.63, 3.8) is 0 Å². The molecule has 1 amide bonds. The van der Waals surface area contributed by atoms with E-state index in [1.807, 2.05) is 57.2 Å². The van der Waals surface area contributed by atoms with Crippen LogP contribution in [0.5, 0.6) is 5.75 Å². The number of hydrogen-bond acceptors (Lipinski definition) is 4. The molecular weight excluding hydrogens is 302 g/mol. The number of carbonyl (C=O) groups is 1. The largest absolute Gasteiger partial charge is 0.494 e. The van der Waals surface area contributed by atoms with Gasteiger partial charge in [0.15, 0.2) is 0 Å². The SMILES string of the molecule is CCOc1ccc(C=NNC(=O)CNc2ccc(C)cc2C)cc1. The number of hydrogen-bond donors (Lipinski definition) is 2. The number of nitrogens with one attached hydrogen (secondary N) is 2. The van der Waals surface area contributed by atoms with Gasteiger partial charge in [-0.15, -0.1) is 0 Å². The van der Waals surface area contributed by atoms with Gasteiger partial charge in [-0.05, 0) is 62.2 Å². The predicted molar refractivity (Wildman–Crippen MR) is 97.8 cm³/mol. The Bertz CT molecular complexity index is 709. The lowest BCUT2D eigenvalue weighted by molar-refractivity contribution is -0.119. The van der Waals surface area contributed by atoms with Crippen LogP contribution in [-0.4, -0.2) is 25.3 Å². The summed E-state index contributed by atoms with van der Waals surface area (Å²) in [6, 6.07) is 13.6. The number of benzene rings is 2. The van der Waals surface area contributed by atoms with E-state index in [0.29, 0.717) is 6.61 Å². The number of amides is 1. The molecule has 0 heterocycles. The minimum absolute atomic E-state index is 0.171. The third-order valence-electron chi connectivity index (χ3n) is 3.42. The Kier molecular flexibility index (Phi) is 6.37. The molecule has 2 N–H and O–H groups in total. The van der Waals surface area contributed by atoms with Crippen molar-refractivity contribution >= 4 is 17.8 Å². The normalized spacial score (nSPS) is 10.6. The highest BCUT2D eigenvalue weighted by Crippen LogP contribution is 2.15. The Hall–Kier alpha value is -2.82.